The number of hydrogen-bond acceptors (Lipinski definition) is 2. The number of para-hydroxylation sites is 2. The van der Waals surface area contributed by atoms with Crippen LogP contribution in [0.2, 0.25) is 0 Å². The van der Waals surface area contributed by atoms with Crippen molar-refractivity contribution >= 4 is 57.2 Å². The van der Waals surface area contributed by atoms with Crippen LogP contribution in [0, 0.1) is 6.92 Å². The molecule has 208 valence electrons. The van der Waals surface area contributed by atoms with Gasteiger partial charge in [0.25, 0.3) is 6.71 Å². The minimum Gasteiger partial charge on any atom is -0.311 e. The Morgan fingerprint density at radius 2 is 1.10 bits per heavy atom. The second-order valence-electron chi connectivity index (χ2n) is 12.0. The van der Waals surface area contributed by atoms with Gasteiger partial charge >= 0.3 is 0 Å². The molecule has 0 saturated heterocycles. The highest BCUT2D eigenvalue weighted by atomic mass is 15.2. The van der Waals surface area contributed by atoms with Crippen LogP contribution >= 0.6 is 0 Å². The quantitative estimate of drug-likeness (QED) is 0.132. The summed E-state index contributed by atoms with van der Waals surface area (Å²) < 4.78 is 0. The van der Waals surface area contributed by atoms with Crippen molar-refractivity contribution in [1.82, 2.24) is 0 Å². The highest BCUT2D eigenvalue weighted by molar-refractivity contribution is 7.00. The molecule has 0 unspecified atom stereocenters. The van der Waals surface area contributed by atoms with Gasteiger partial charge in [-0.25, -0.2) is 0 Å². The van der Waals surface area contributed by atoms with Crippen LogP contribution in [0.3, 0.4) is 0 Å². The molecule has 2 nitrogen and oxygen atoms in total. The fourth-order valence-corrected chi connectivity index (χ4v) is 7.06. The lowest BCUT2D eigenvalue weighted by atomic mass is 9.33. The predicted molar refractivity (Wildman–Crippen MR) is 182 cm³/mol. The smallest absolute Gasteiger partial charge is 0.252 e. The van der Waals surface area contributed by atoms with Crippen molar-refractivity contribution in [2.24, 2.45) is 0 Å². The molecule has 5 aromatic rings. The van der Waals surface area contributed by atoms with E-state index in [0.29, 0.717) is 0 Å². The van der Waals surface area contributed by atoms with Crippen molar-refractivity contribution in [3.05, 3.63) is 126 Å². The van der Waals surface area contributed by atoms with E-state index in [-0.39, 0.29) is 6.71 Å². The largest absolute Gasteiger partial charge is 0.311 e. The lowest BCUT2D eigenvalue weighted by molar-refractivity contribution is 0.607. The Morgan fingerprint density at radius 1 is 0.524 bits per heavy atom. The van der Waals surface area contributed by atoms with Crippen molar-refractivity contribution in [2.75, 3.05) is 9.80 Å². The maximum absolute atomic E-state index is 2.51. The maximum Gasteiger partial charge on any atom is 0.252 e. The van der Waals surface area contributed by atoms with Gasteiger partial charge in [-0.05, 0) is 95.8 Å². The van der Waals surface area contributed by atoms with Crippen LogP contribution in [-0.4, -0.2) is 6.71 Å². The van der Waals surface area contributed by atoms with E-state index in [9.17, 15) is 0 Å². The van der Waals surface area contributed by atoms with Gasteiger partial charge in [-0.2, -0.15) is 0 Å². The first-order valence-corrected chi connectivity index (χ1v) is 15.8. The van der Waals surface area contributed by atoms with E-state index in [1.807, 2.05) is 0 Å². The topological polar surface area (TPSA) is 6.48 Å². The molecule has 0 saturated carbocycles. The molecule has 0 fully saturated rings. The third-order valence-corrected chi connectivity index (χ3v) is 9.06. The Kier molecular flexibility index (Phi) is 7.34. The van der Waals surface area contributed by atoms with Crippen LogP contribution in [0.1, 0.15) is 56.6 Å². The number of rotatable bonds is 9. The molecule has 0 amide bonds. The second kappa shape index (κ2) is 11.6. The molecular weight excluding hydrogens is 507 g/mol. The summed E-state index contributed by atoms with van der Waals surface area (Å²) in [6.07, 6.45) is 9.08. The minimum absolute atomic E-state index is 0.185. The fourth-order valence-electron chi connectivity index (χ4n) is 7.06. The molecule has 0 N–H and O–H groups in total. The Balaban J connectivity index is 1.39. The number of hydrogen-bond donors (Lipinski definition) is 0. The monoisotopic (exact) mass is 546 g/mol. The molecule has 2 heterocycles. The summed E-state index contributed by atoms with van der Waals surface area (Å²) >= 11 is 0. The summed E-state index contributed by atoms with van der Waals surface area (Å²) in [7, 11) is 0. The fraction of sp³-hybridized carbons (Fsp3) is 0.231. The Hall–Kier alpha value is -4.24. The zero-order valence-electron chi connectivity index (χ0n) is 24.9. The van der Waals surface area contributed by atoms with Crippen LogP contribution in [0.25, 0.3) is 0 Å². The number of fused-ring (bicyclic) bond motifs is 4. The molecule has 2 aliphatic rings. The van der Waals surface area contributed by atoms with Crippen molar-refractivity contribution < 1.29 is 0 Å². The van der Waals surface area contributed by atoms with Crippen molar-refractivity contribution in [3.63, 3.8) is 0 Å². The molecule has 0 radical (unpaired) electrons. The van der Waals surface area contributed by atoms with E-state index in [1.54, 1.807) is 0 Å². The summed E-state index contributed by atoms with van der Waals surface area (Å²) in [6, 6.07) is 43.0. The van der Waals surface area contributed by atoms with Gasteiger partial charge in [0.05, 0.1) is 0 Å². The number of aryl methyl sites for hydroxylation is 2. The summed E-state index contributed by atoms with van der Waals surface area (Å²) in [5.74, 6) is 0. The van der Waals surface area contributed by atoms with Crippen molar-refractivity contribution in [3.8, 4) is 0 Å². The molecule has 3 heteroatoms. The highest BCUT2D eigenvalue weighted by Gasteiger charge is 2.42. The van der Waals surface area contributed by atoms with Gasteiger partial charge in [0, 0.05) is 34.1 Å². The minimum atomic E-state index is 0.185. The summed E-state index contributed by atoms with van der Waals surface area (Å²) in [4.78, 5) is 4.98. The van der Waals surface area contributed by atoms with Gasteiger partial charge in [-0.15, -0.1) is 0 Å². The van der Waals surface area contributed by atoms with Crippen LogP contribution in [-0.2, 0) is 6.42 Å². The Bertz CT molecular complexity index is 1700. The van der Waals surface area contributed by atoms with Gasteiger partial charge in [0.1, 0.15) is 0 Å². The summed E-state index contributed by atoms with van der Waals surface area (Å²) in [6.45, 7) is 4.68. The van der Waals surface area contributed by atoms with Crippen molar-refractivity contribution in [2.45, 2.75) is 58.8 Å². The number of anilines is 6. The Morgan fingerprint density at radius 3 is 1.74 bits per heavy atom. The first kappa shape index (κ1) is 26.7. The lowest BCUT2D eigenvalue weighted by Gasteiger charge is -2.44. The Labute approximate surface area is 251 Å². The van der Waals surface area contributed by atoms with E-state index in [4.69, 9.17) is 0 Å². The number of benzene rings is 5. The first-order valence-electron chi connectivity index (χ1n) is 15.8. The molecule has 2 aliphatic heterocycles. The zero-order valence-corrected chi connectivity index (χ0v) is 24.9. The third kappa shape index (κ3) is 4.71. The van der Waals surface area contributed by atoms with Gasteiger partial charge < -0.3 is 9.80 Å². The number of nitrogens with zero attached hydrogens (tertiary/aromatic N) is 2. The standard InChI is InChI=1S/C39H39BN2/c1-3-4-5-6-7-10-16-30-24-26-34-38(28-30)42(32-19-13-9-14-20-32)36-22-15-21-35-39(36)40(34)33-25-23-29(2)27-37(33)41(35)31-17-11-8-12-18-31/h8-9,11-15,17-28H,3-7,10,16H2,1-2H3. The van der Waals surface area contributed by atoms with Crippen LogP contribution < -0.4 is 26.2 Å². The van der Waals surface area contributed by atoms with Gasteiger partial charge in [0.2, 0.25) is 0 Å². The predicted octanol–water partition coefficient (Wildman–Crippen LogP) is 8.98. The first-order chi connectivity index (χ1) is 20.7. The molecule has 42 heavy (non-hydrogen) atoms. The molecule has 0 aliphatic carbocycles. The normalized spacial score (nSPS) is 13.0. The highest BCUT2D eigenvalue weighted by Crippen LogP contribution is 2.43. The maximum atomic E-state index is 2.51. The lowest BCUT2D eigenvalue weighted by Crippen LogP contribution is -2.61. The molecule has 0 atom stereocenters. The van der Waals surface area contributed by atoms with E-state index >= 15 is 0 Å². The van der Waals surface area contributed by atoms with Crippen LogP contribution in [0.4, 0.5) is 34.1 Å². The van der Waals surface area contributed by atoms with E-state index in [2.05, 4.69) is 139 Å². The molecule has 0 aromatic heterocycles. The molecule has 0 bridgehead atoms. The molecule has 5 aromatic carbocycles. The van der Waals surface area contributed by atoms with Crippen LogP contribution in [0.15, 0.2) is 115 Å². The molecular formula is C39H39BN2. The average Bonchev–Trinajstić information content (AvgIpc) is 3.03. The van der Waals surface area contributed by atoms with Gasteiger partial charge in [0.15, 0.2) is 0 Å². The summed E-state index contributed by atoms with van der Waals surface area (Å²) in [5.41, 5.74) is 14.4. The summed E-state index contributed by atoms with van der Waals surface area (Å²) in [5, 5.41) is 0. The molecule has 0 spiro atoms. The van der Waals surface area contributed by atoms with Crippen molar-refractivity contribution in [1.29, 1.82) is 0 Å². The van der Waals surface area contributed by atoms with E-state index in [1.165, 1.54) is 100 Å². The van der Waals surface area contributed by atoms with E-state index in [0.717, 1.165) is 6.42 Å². The average molecular weight is 547 g/mol. The van der Waals surface area contributed by atoms with Gasteiger partial charge in [-0.3, -0.25) is 0 Å². The third-order valence-electron chi connectivity index (χ3n) is 9.06. The van der Waals surface area contributed by atoms with E-state index < -0.39 is 0 Å². The SMILES string of the molecule is CCCCCCCCc1ccc2c(c1)N(c1ccccc1)c1cccc3c1B2c1ccc(C)cc1N3c1ccccc1. The van der Waals surface area contributed by atoms with Gasteiger partial charge in [-0.1, -0.05) is 106 Å². The second-order valence-corrected chi connectivity index (χ2v) is 12.0. The zero-order chi connectivity index (χ0) is 28.5. The molecule has 7 rings (SSSR count). The van der Waals surface area contributed by atoms with Crippen LogP contribution in [0.5, 0.6) is 0 Å². The number of unbranched alkanes of at least 4 members (excludes halogenated alkanes) is 5.